The molecule has 194 valence electrons. The molecule has 0 fully saturated rings. The van der Waals surface area contributed by atoms with Crippen molar-refractivity contribution in [2.75, 3.05) is 26.1 Å². The molecule has 2 amide bonds. The van der Waals surface area contributed by atoms with Gasteiger partial charge in [0.2, 0.25) is 5.91 Å². The highest BCUT2D eigenvalue weighted by Gasteiger charge is 2.31. The number of hydrogen-bond donors (Lipinski definition) is 2. The van der Waals surface area contributed by atoms with Crippen molar-refractivity contribution in [3.63, 3.8) is 0 Å². The van der Waals surface area contributed by atoms with Crippen LogP contribution in [0, 0.1) is 19.7 Å². The number of ether oxygens (including phenoxy) is 1. The Morgan fingerprint density at radius 3 is 2.65 bits per heavy atom. The Balaban J connectivity index is 1.59. The number of carbonyl (C=O) groups excluding carboxylic acids is 2. The van der Waals surface area contributed by atoms with Crippen LogP contribution < -0.4 is 5.32 Å². The maximum atomic E-state index is 13.5. The number of carbonyl (C=O) groups is 2. The van der Waals surface area contributed by atoms with Gasteiger partial charge in [-0.1, -0.05) is 24.3 Å². The van der Waals surface area contributed by atoms with Crippen LogP contribution in [0.4, 0.5) is 10.1 Å². The number of halogens is 1. The van der Waals surface area contributed by atoms with Gasteiger partial charge in [0.15, 0.2) is 0 Å². The third-order valence-electron chi connectivity index (χ3n) is 6.52. The zero-order valence-corrected chi connectivity index (χ0v) is 21.4. The third kappa shape index (κ3) is 5.95. The van der Waals surface area contributed by atoms with E-state index < -0.39 is 12.0 Å². The fraction of sp³-hybridized carbons (Fsp3) is 0.321. The molecule has 2 N–H and O–H groups in total. The maximum absolute atomic E-state index is 13.5. The number of hydrogen-bond acceptors (Lipinski definition) is 5. The van der Waals surface area contributed by atoms with Crippen molar-refractivity contribution in [1.29, 1.82) is 0 Å². The van der Waals surface area contributed by atoms with Crippen molar-refractivity contribution in [2.45, 2.75) is 38.8 Å². The third-order valence-corrected chi connectivity index (χ3v) is 6.52. The molecule has 4 rings (SSSR count). The van der Waals surface area contributed by atoms with Crippen LogP contribution in [0.25, 0.3) is 11.3 Å². The highest BCUT2D eigenvalue weighted by molar-refractivity contribution is 6.07. The van der Waals surface area contributed by atoms with Crippen LogP contribution in [-0.4, -0.2) is 58.5 Å². The average molecular weight is 507 g/mol. The minimum atomic E-state index is -0.674. The lowest BCUT2D eigenvalue weighted by Crippen LogP contribution is -2.33. The smallest absolute Gasteiger partial charge is 0.253 e. The number of nitrogens with one attached hydrogen (secondary N) is 1. The van der Waals surface area contributed by atoms with Crippen LogP contribution in [0.2, 0.25) is 0 Å². The van der Waals surface area contributed by atoms with Gasteiger partial charge in [0.1, 0.15) is 5.82 Å². The standard InChI is InChI=1S/C28H31FN4O4/c1-17-5-6-20(26-11-18(2)33(31-26)14-22(34)16-37-4)12-25(17)30-28(36)24-15-32(3)27(35)13-23(24)19-7-9-21(29)10-8-19/h5-12,15,22-23,34H,13-14,16H2,1-4H3,(H,30,36)/t22-,23+/m1/s1. The van der Waals surface area contributed by atoms with E-state index in [4.69, 9.17) is 4.74 Å². The van der Waals surface area contributed by atoms with Crippen molar-refractivity contribution in [3.8, 4) is 11.3 Å². The van der Waals surface area contributed by atoms with E-state index in [0.717, 1.165) is 16.8 Å². The molecule has 0 saturated carbocycles. The Kier molecular flexibility index (Phi) is 7.85. The van der Waals surface area contributed by atoms with Crippen LogP contribution in [0.3, 0.4) is 0 Å². The fourth-order valence-electron chi connectivity index (χ4n) is 4.40. The molecule has 0 bridgehead atoms. The van der Waals surface area contributed by atoms with E-state index in [1.165, 1.54) is 24.1 Å². The lowest BCUT2D eigenvalue weighted by molar-refractivity contribution is -0.128. The molecular weight excluding hydrogens is 475 g/mol. The summed E-state index contributed by atoms with van der Waals surface area (Å²) in [6.07, 6.45) is 0.990. The van der Waals surface area contributed by atoms with Crippen LogP contribution >= 0.6 is 0 Å². The monoisotopic (exact) mass is 506 g/mol. The van der Waals surface area contributed by atoms with Crippen LogP contribution in [0.1, 0.15) is 29.2 Å². The molecule has 2 heterocycles. The largest absolute Gasteiger partial charge is 0.389 e. The first kappa shape index (κ1) is 26.2. The summed E-state index contributed by atoms with van der Waals surface area (Å²) in [5.41, 5.74) is 5.01. The van der Waals surface area contributed by atoms with Gasteiger partial charge in [-0.2, -0.15) is 5.10 Å². The lowest BCUT2D eigenvalue weighted by atomic mass is 9.85. The molecule has 1 aliphatic heterocycles. The molecule has 0 spiro atoms. The lowest BCUT2D eigenvalue weighted by Gasteiger charge is -2.28. The molecule has 1 aliphatic rings. The summed E-state index contributed by atoms with van der Waals surface area (Å²) < 4.78 is 20.2. The Labute approximate surface area is 215 Å². The second-order valence-electron chi connectivity index (χ2n) is 9.34. The predicted octanol–water partition coefficient (Wildman–Crippen LogP) is 3.78. The Bertz CT molecular complexity index is 1330. The molecule has 3 aromatic rings. The number of rotatable bonds is 8. The van der Waals surface area contributed by atoms with Gasteiger partial charge in [0.25, 0.3) is 5.91 Å². The normalized spacial score (nSPS) is 16.5. The second kappa shape index (κ2) is 11.1. The van der Waals surface area contributed by atoms with Crippen molar-refractivity contribution in [3.05, 3.63) is 82.9 Å². The minimum Gasteiger partial charge on any atom is -0.389 e. The molecule has 0 aliphatic carbocycles. The molecule has 8 nitrogen and oxygen atoms in total. The topological polar surface area (TPSA) is 96.7 Å². The Morgan fingerprint density at radius 1 is 1.22 bits per heavy atom. The van der Waals surface area contributed by atoms with Gasteiger partial charge >= 0.3 is 0 Å². The number of aliphatic hydroxyl groups is 1. The van der Waals surface area contributed by atoms with E-state index in [0.29, 0.717) is 29.1 Å². The van der Waals surface area contributed by atoms with E-state index >= 15 is 0 Å². The van der Waals surface area contributed by atoms with Crippen LogP contribution in [-0.2, 0) is 20.9 Å². The first-order chi connectivity index (χ1) is 17.7. The molecule has 2 atom stereocenters. The van der Waals surface area contributed by atoms with E-state index in [-0.39, 0.29) is 30.7 Å². The molecule has 2 aromatic carbocycles. The van der Waals surface area contributed by atoms with E-state index in [2.05, 4.69) is 10.4 Å². The number of amides is 2. The summed E-state index contributed by atoms with van der Waals surface area (Å²) >= 11 is 0. The summed E-state index contributed by atoms with van der Waals surface area (Å²) in [5, 5.41) is 17.7. The number of aromatic nitrogens is 2. The van der Waals surface area contributed by atoms with Crippen molar-refractivity contribution in [2.24, 2.45) is 0 Å². The zero-order valence-electron chi connectivity index (χ0n) is 21.4. The zero-order chi connectivity index (χ0) is 26.7. The number of methoxy groups -OCH3 is 1. The molecule has 0 radical (unpaired) electrons. The number of benzene rings is 2. The van der Waals surface area contributed by atoms with Gasteiger partial charge in [-0.25, -0.2) is 4.39 Å². The Hall–Kier alpha value is -3.82. The van der Waals surface area contributed by atoms with Gasteiger partial charge < -0.3 is 20.1 Å². The van der Waals surface area contributed by atoms with Crippen molar-refractivity contribution >= 4 is 17.5 Å². The molecule has 0 saturated heterocycles. The highest BCUT2D eigenvalue weighted by Crippen LogP contribution is 2.34. The van der Waals surface area contributed by atoms with Gasteiger partial charge in [0.05, 0.1) is 24.9 Å². The maximum Gasteiger partial charge on any atom is 0.253 e. The molecular formula is C28H31FN4O4. The quantitative estimate of drug-likeness (QED) is 0.485. The number of aliphatic hydroxyl groups excluding tert-OH is 1. The molecule has 9 heteroatoms. The molecule has 37 heavy (non-hydrogen) atoms. The van der Waals surface area contributed by atoms with E-state index in [1.54, 1.807) is 30.1 Å². The second-order valence-corrected chi connectivity index (χ2v) is 9.34. The summed E-state index contributed by atoms with van der Waals surface area (Å²) in [6, 6.07) is 13.5. The number of aryl methyl sites for hydroxylation is 2. The van der Waals surface area contributed by atoms with Gasteiger partial charge in [0, 0.05) is 55.2 Å². The van der Waals surface area contributed by atoms with Crippen molar-refractivity contribution < 1.29 is 23.8 Å². The van der Waals surface area contributed by atoms with E-state index in [9.17, 15) is 19.1 Å². The fourth-order valence-corrected chi connectivity index (χ4v) is 4.40. The van der Waals surface area contributed by atoms with Crippen LogP contribution in [0.15, 0.2) is 60.3 Å². The number of nitrogens with zero attached hydrogens (tertiary/aromatic N) is 3. The highest BCUT2D eigenvalue weighted by atomic mass is 19.1. The summed E-state index contributed by atoms with van der Waals surface area (Å²) in [5.74, 6) is -1.31. The molecule has 0 unspecified atom stereocenters. The SMILES string of the molecule is COC[C@H](O)Cn1nc(-c2ccc(C)c(NC(=O)C3=CN(C)C(=O)C[C@H]3c3ccc(F)cc3)c2)cc1C. The predicted molar refractivity (Wildman–Crippen MR) is 138 cm³/mol. The number of anilines is 1. The first-order valence-electron chi connectivity index (χ1n) is 12.0. The summed E-state index contributed by atoms with van der Waals surface area (Å²) in [7, 11) is 3.15. The average Bonchev–Trinajstić information content (AvgIpc) is 3.22. The molecule has 1 aromatic heterocycles. The summed E-state index contributed by atoms with van der Waals surface area (Å²) in [4.78, 5) is 27.3. The van der Waals surface area contributed by atoms with Gasteiger partial charge in [-0.3, -0.25) is 14.3 Å². The van der Waals surface area contributed by atoms with E-state index in [1.807, 2.05) is 38.1 Å². The van der Waals surface area contributed by atoms with Gasteiger partial charge in [-0.05, 0) is 49.2 Å². The minimum absolute atomic E-state index is 0.117. The summed E-state index contributed by atoms with van der Waals surface area (Å²) in [6.45, 7) is 4.33. The first-order valence-corrected chi connectivity index (χ1v) is 12.0. The van der Waals surface area contributed by atoms with Crippen molar-refractivity contribution in [1.82, 2.24) is 14.7 Å². The van der Waals surface area contributed by atoms with Crippen LogP contribution in [0.5, 0.6) is 0 Å². The Morgan fingerprint density at radius 2 is 1.95 bits per heavy atom. The van der Waals surface area contributed by atoms with Gasteiger partial charge in [-0.15, -0.1) is 0 Å².